The highest BCUT2D eigenvalue weighted by Gasteiger charge is 2.17. The van der Waals surface area contributed by atoms with Crippen LogP contribution in [0.3, 0.4) is 0 Å². The molecule has 0 aliphatic heterocycles. The largest absolute Gasteiger partial charge is 0.377 e. The number of carbonyl (C=O) groups is 2. The second kappa shape index (κ2) is 11.2. The summed E-state index contributed by atoms with van der Waals surface area (Å²) in [6.45, 7) is 4.11. The molecule has 0 heterocycles. The zero-order valence-corrected chi connectivity index (χ0v) is 18.0. The molecule has 1 unspecified atom stereocenters. The van der Waals surface area contributed by atoms with E-state index in [1.807, 2.05) is 68.4 Å². The molecular formula is C24H33N3O2. The predicted octanol–water partition coefficient (Wildman–Crippen LogP) is 5.15. The van der Waals surface area contributed by atoms with Gasteiger partial charge >= 0.3 is 0 Å². The quantitative estimate of drug-likeness (QED) is 0.547. The molecule has 156 valence electrons. The molecule has 0 saturated heterocycles. The van der Waals surface area contributed by atoms with Gasteiger partial charge in [-0.1, -0.05) is 56.5 Å². The van der Waals surface area contributed by atoms with Crippen LogP contribution in [0.4, 0.5) is 11.4 Å². The van der Waals surface area contributed by atoms with E-state index in [-0.39, 0.29) is 17.9 Å². The second-order valence-electron chi connectivity index (χ2n) is 7.59. The molecule has 1 atom stereocenters. The van der Waals surface area contributed by atoms with Crippen LogP contribution >= 0.6 is 0 Å². The smallest absolute Gasteiger partial charge is 0.253 e. The molecule has 0 aliphatic rings. The van der Waals surface area contributed by atoms with E-state index in [2.05, 4.69) is 17.6 Å². The minimum absolute atomic E-state index is 0.0114. The molecule has 5 heteroatoms. The van der Waals surface area contributed by atoms with Crippen LogP contribution in [0.5, 0.6) is 0 Å². The average Bonchev–Trinajstić information content (AvgIpc) is 2.71. The first-order chi connectivity index (χ1) is 13.9. The van der Waals surface area contributed by atoms with Crippen molar-refractivity contribution in [1.29, 1.82) is 0 Å². The number of nitrogens with zero attached hydrogens (tertiary/aromatic N) is 1. The Morgan fingerprint density at radius 1 is 1.00 bits per heavy atom. The van der Waals surface area contributed by atoms with E-state index in [1.54, 1.807) is 6.07 Å². The van der Waals surface area contributed by atoms with Gasteiger partial charge in [0.15, 0.2) is 0 Å². The van der Waals surface area contributed by atoms with Gasteiger partial charge < -0.3 is 15.5 Å². The second-order valence-corrected chi connectivity index (χ2v) is 7.59. The molecule has 0 aromatic heterocycles. The molecule has 2 amide bonds. The van der Waals surface area contributed by atoms with E-state index in [0.717, 1.165) is 36.9 Å². The summed E-state index contributed by atoms with van der Waals surface area (Å²) in [6.07, 6.45) is 4.75. The molecule has 0 fully saturated rings. The Labute approximate surface area is 174 Å². The summed E-state index contributed by atoms with van der Waals surface area (Å²) in [6, 6.07) is 15.2. The Morgan fingerprint density at radius 2 is 1.72 bits per heavy atom. The van der Waals surface area contributed by atoms with Gasteiger partial charge in [0.2, 0.25) is 5.91 Å². The first-order valence-corrected chi connectivity index (χ1v) is 10.4. The van der Waals surface area contributed by atoms with Crippen LogP contribution in [-0.4, -0.2) is 25.9 Å². The summed E-state index contributed by atoms with van der Waals surface area (Å²) < 4.78 is 0. The summed E-state index contributed by atoms with van der Waals surface area (Å²) in [7, 11) is 3.80. The van der Waals surface area contributed by atoms with Gasteiger partial charge in [-0.2, -0.15) is 0 Å². The first kappa shape index (κ1) is 22.5. The van der Waals surface area contributed by atoms with Gasteiger partial charge in [-0.25, -0.2) is 0 Å². The van der Waals surface area contributed by atoms with E-state index in [4.69, 9.17) is 0 Å². The van der Waals surface area contributed by atoms with E-state index >= 15 is 0 Å². The van der Waals surface area contributed by atoms with Gasteiger partial charge in [-0.3, -0.25) is 9.59 Å². The number of hydrogen-bond donors (Lipinski definition) is 2. The van der Waals surface area contributed by atoms with Crippen LogP contribution < -0.4 is 15.5 Å². The molecule has 29 heavy (non-hydrogen) atoms. The lowest BCUT2D eigenvalue weighted by molar-refractivity contribution is -0.116. The average molecular weight is 396 g/mol. The van der Waals surface area contributed by atoms with Crippen LogP contribution in [0.15, 0.2) is 48.5 Å². The lowest BCUT2D eigenvalue weighted by atomic mass is 10.1. The first-order valence-electron chi connectivity index (χ1n) is 10.4. The van der Waals surface area contributed by atoms with Crippen molar-refractivity contribution in [2.45, 2.75) is 52.0 Å². The summed E-state index contributed by atoms with van der Waals surface area (Å²) in [5.41, 5.74) is 3.04. The van der Waals surface area contributed by atoms with Crippen LogP contribution in [-0.2, 0) is 4.79 Å². The molecular weight excluding hydrogens is 362 g/mol. The van der Waals surface area contributed by atoms with Crippen LogP contribution in [0.1, 0.15) is 67.9 Å². The third-order valence-corrected chi connectivity index (χ3v) is 4.91. The summed E-state index contributed by atoms with van der Waals surface area (Å²) in [4.78, 5) is 27.1. The van der Waals surface area contributed by atoms with Gasteiger partial charge in [-0.05, 0) is 37.1 Å². The van der Waals surface area contributed by atoms with Gasteiger partial charge in [0.25, 0.3) is 5.91 Å². The van der Waals surface area contributed by atoms with Crippen molar-refractivity contribution >= 4 is 23.2 Å². The van der Waals surface area contributed by atoms with Crippen molar-refractivity contribution in [3.63, 3.8) is 0 Å². The Hall–Kier alpha value is -2.82. The van der Waals surface area contributed by atoms with Crippen molar-refractivity contribution in [3.05, 3.63) is 59.7 Å². The van der Waals surface area contributed by atoms with Crippen LogP contribution in [0, 0.1) is 0 Å². The number of hydrogen-bond acceptors (Lipinski definition) is 3. The molecule has 2 aromatic rings. The summed E-state index contributed by atoms with van der Waals surface area (Å²) >= 11 is 0. The summed E-state index contributed by atoms with van der Waals surface area (Å²) in [5, 5.41) is 5.99. The minimum Gasteiger partial charge on any atom is -0.377 e. The molecule has 0 radical (unpaired) electrons. The molecule has 0 aliphatic carbocycles. The fraction of sp³-hybridized carbons (Fsp3) is 0.417. The summed E-state index contributed by atoms with van der Waals surface area (Å²) in [5.74, 6) is -0.174. The van der Waals surface area contributed by atoms with Gasteiger partial charge in [0, 0.05) is 31.9 Å². The molecule has 5 nitrogen and oxygen atoms in total. The Kier molecular flexibility index (Phi) is 8.71. The molecule has 0 spiro atoms. The standard InChI is InChI=1S/C24H33N3O2/c1-5-6-7-11-14-23(28)26-20-15-16-22(27(3)4)21(17-20)24(29)25-18(2)19-12-9-8-10-13-19/h8-10,12-13,15-18H,5-7,11,14H2,1-4H3,(H,25,29)(H,26,28). The highest BCUT2D eigenvalue weighted by atomic mass is 16.2. The van der Waals surface area contributed by atoms with Crippen molar-refractivity contribution < 1.29 is 9.59 Å². The van der Waals surface area contributed by atoms with E-state index in [1.165, 1.54) is 0 Å². The number of rotatable bonds is 10. The van der Waals surface area contributed by atoms with Gasteiger partial charge in [-0.15, -0.1) is 0 Å². The molecule has 2 N–H and O–H groups in total. The van der Waals surface area contributed by atoms with Crippen molar-refractivity contribution in [2.24, 2.45) is 0 Å². The highest BCUT2D eigenvalue weighted by molar-refractivity contribution is 6.02. The third-order valence-electron chi connectivity index (χ3n) is 4.91. The maximum atomic E-state index is 13.0. The molecule has 2 aromatic carbocycles. The number of carbonyl (C=O) groups excluding carboxylic acids is 2. The Balaban J connectivity index is 2.11. The Bertz CT molecular complexity index is 803. The number of anilines is 2. The van der Waals surface area contributed by atoms with Gasteiger partial charge in [0.1, 0.15) is 0 Å². The number of unbranched alkanes of at least 4 members (excludes halogenated alkanes) is 3. The predicted molar refractivity (Wildman–Crippen MR) is 120 cm³/mol. The topological polar surface area (TPSA) is 61.4 Å². The van der Waals surface area contributed by atoms with Crippen molar-refractivity contribution in [3.8, 4) is 0 Å². The maximum Gasteiger partial charge on any atom is 0.253 e. The Morgan fingerprint density at radius 3 is 2.38 bits per heavy atom. The van der Waals surface area contributed by atoms with Crippen LogP contribution in [0.25, 0.3) is 0 Å². The van der Waals surface area contributed by atoms with E-state index in [0.29, 0.717) is 17.7 Å². The highest BCUT2D eigenvalue weighted by Crippen LogP contribution is 2.24. The zero-order chi connectivity index (χ0) is 21.2. The van der Waals surface area contributed by atoms with E-state index in [9.17, 15) is 9.59 Å². The van der Waals surface area contributed by atoms with Crippen molar-refractivity contribution in [1.82, 2.24) is 5.32 Å². The number of nitrogens with one attached hydrogen (secondary N) is 2. The number of amides is 2. The SMILES string of the molecule is CCCCCCC(=O)Nc1ccc(N(C)C)c(C(=O)NC(C)c2ccccc2)c1. The zero-order valence-electron chi connectivity index (χ0n) is 18.0. The lowest BCUT2D eigenvalue weighted by Crippen LogP contribution is -2.28. The minimum atomic E-state index is -0.163. The fourth-order valence-corrected chi connectivity index (χ4v) is 3.22. The maximum absolute atomic E-state index is 13.0. The molecule has 0 bridgehead atoms. The number of benzene rings is 2. The monoisotopic (exact) mass is 395 g/mol. The fourth-order valence-electron chi connectivity index (χ4n) is 3.22. The lowest BCUT2D eigenvalue weighted by Gasteiger charge is -2.20. The normalized spacial score (nSPS) is 11.6. The third kappa shape index (κ3) is 6.93. The molecule has 0 saturated carbocycles. The van der Waals surface area contributed by atoms with Crippen LogP contribution in [0.2, 0.25) is 0 Å². The van der Waals surface area contributed by atoms with E-state index < -0.39 is 0 Å². The molecule has 2 rings (SSSR count). The van der Waals surface area contributed by atoms with Gasteiger partial charge in [0.05, 0.1) is 11.6 Å². The van der Waals surface area contributed by atoms with Crippen molar-refractivity contribution in [2.75, 3.05) is 24.3 Å².